The van der Waals surface area contributed by atoms with Crippen molar-refractivity contribution in [3.63, 3.8) is 0 Å². The number of anilines is 1. The van der Waals surface area contributed by atoms with Crippen molar-refractivity contribution in [2.45, 2.75) is 39.2 Å². The Hall–Kier alpha value is -2.28. The Labute approximate surface area is 139 Å². The number of carbonyl (C=O) groups is 1. The van der Waals surface area contributed by atoms with E-state index in [4.69, 9.17) is 4.52 Å². The summed E-state index contributed by atoms with van der Waals surface area (Å²) in [5, 5.41) is 9.37. The van der Waals surface area contributed by atoms with E-state index < -0.39 is 17.7 Å². The van der Waals surface area contributed by atoms with Crippen molar-refractivity contribution >= 4 is 11.8 Å². The molecule has 1 aromatic carbocycles. The van der Waals surface area contributed by atoms with Crippen LogP contribution in [0.3, 0.4) is 0 Å². The quantitative estimate of drug-likeness (QED) is 0.876. The highest BCUT2D eigenvalue weighted by atomic mass is 19.1. The van der Waals surface area contributed by atoms with E-state index in [0.29, 0.717) is 5.56 Å². The van der Waals surface area contributed by atoms with Crippen molar-refractivity contribution in [2.24, 2.45) is 0 Å². The molecule has 5 nitrogen and oxygen atoms in total. The SMILES string of the molecule is C[C@H](NCC(=O)Nc1cc(C(C)(C)C)no1)c1ccc(F)cc1F. The maximum atomic E-state index is 13.7. The molecule has 1 aromatic heterocycles. The summed E-state index contributed by atoms with van der Waals surface area (Å²) >= 11 is 0. The van der Waals surface area contributed by atoms with Crippen molar-refractivity contribution in [3.8, 4) is 0 Å². The molecule has 0 fully saturated rings. The van der Waals surface area contributed by atoms with Gasteiger partial charge in [-0.15, -0.1) is 0 Å². The fourth-order valence-electron chi connectivity index (χ4n) is 2.08. The van der Waals surface area contributed by atoms with Gasteiger partial charge >= 0.3 is 0 Å². The first-order chi connectivity index (χ1) is 11.2. The lowest BCUT2D eigenvalue weighted by molar-refractivity contribution is -0.115. The number of nitrogens with zero attached hydrogens (tertiary/aromatic N) is 1. The molecule has 0 aliphatic carbocycles. The summed E-state index contributed by atoms with van der Waals surface area (Å²) in [6.45, 7) is 7.59. The van der Waals surface area contributed by atoms with Crippen molar-refractivity contribution in [1.29, 1.82) is 0 Å². The molecule has 7 heteroatoms. The largest absolute Gasteiger partial charge is 0.338 e. The molecule has 130 valence electrons. The second-order valence-electron chi connectivity index (χ2n) is 6.64. The van der Waals surface area contributed by atoms with Gasteiger partial charge in [0.15, 0.2) is 0 Å². The predicted molar refractivity (Wildman–Crippen MR) is 86.6 cm³/mol. The molecule has 0 spiro atoms. The fourth-order valence-corrected chi connectivity index (χ4v) is 2.08. The van der Waals surface area contributed by atoms with Gasteiger partial charge in [-0.2, -0.15) is 0 Å². The lowest BCUT2D eigenvalue weighted by atomic mass is 9.92. The van der Waals surface area contributed by atoms with E-state index in [1.807, 2.05) is 20.8 Å². The Morgan fingerprint density at radius 1 is 1.29 bits per heavy atom. The zero-order valence-corrected chi connectivity index (χ0v) is 14.1. The highest BCUT2D eigenvalue weighted by Gasteiger charge is 2.20. The van der Waals surface area contributed by atoms with Crippen molar-refractivity contribution < 1.29 is 18.1 Å². The molecule has 0 saturated heterocycles. The normalized spacial score (nSPS) is 12.9. The molecule has 0 unspecified atom stereocenters. The molecule has 1 atom stereocenters. The number of halogens is 2. The molecule has 24 heavy (non-hydrogen) atoms. The van der Waals surface area contributed by atoms with Crippen LogP contribution in [-0.4, -0.2) is 17.6 Å². The predicted octanol–water partition coefficient (Wildman–Crippen LogP) is 3.54. The van der Waals surface area contributed by atoms with Gasteiger partial charge in [-0.25, -0.2) is 8.78 Å². The fraction of sp³-hybridized carbons (Fsp3) is 0.412. The lowest BCUT2D eigenvalue weighted by Gasteiger charge is -2.14. The third kappa shape index (κ3) is 4.61. The van der Waals surface area contributed by atoms with Crippen LogP contribution in [0.1, 0.15) is 45.0 Å². The zero-order valence-electron chi connectivity index (χ0n) is 14.1. The third-order valence-corrected chi connectivity index (χ3v) is 3.54. The molecule has 0 bridgehead atoms. The number of hydrogen-bond donors (Lipinski definition) is 2. The number of benzene rings is 1. The van der Waals surface area contributed by atoms with E-state index in [1.165, 1.54) is 12.1 Å². The average Bonchev–Trinajstić information content (AvgIpc) is 2.93. The van der Waals surface area contributed by atoms with Crippen LogP contribution in [0.4, 0.5) is 14.7 Å². The molecular formula is C17H21F2N3O2. The molecule has 0 radical (unpaired) electrons. The van der Waals surface area contributed by atoms with Crippen LogP contribution in [0, 0.1) is 11.6 Å². The van der Waals surface area contributed by atoms with Gasteiger partial charge in [0.25, 0.3) is 0 Å². The standard InChI is InChI=1S/C17H21F2N3O2/c1-10(12-6-5-11(18)7-13(12)19)20-9-15(23)21-16-8-14(22-24-16)17(2,3)4/h5-8,10,20H,9H2,1-4H3,(H,21,23)/t10-/m0/s1. The third-order valence-electron chi connectivity index (χ3n) is 3.54. The summed E-state index contributed by atoms with van der Waals surface area (Å²) in [7, 11) is 0. The zero-order chi connectivity index (χ0) is 17.9. The van der Waals surface area contributed by atoms with Gasteiger partial charge in [-0.1, -0.05) is 32.0 Å². The first-order valence-corrected chi connectivity index (χ1v) is 7.62. The van der Waals surface area contributed by atoms with Gasteiger partial charge in [0.1, 0.15) is 11.6 Å². The average molecular weight is 337 g/mol. The first-order valence-electron chi connectivity index (χ1n) is 7.62. The van der Waals surface area contributed by atoms with Crippen molar-refractivity contribution in [3.05, 3.63) is 47.2 Å². The summed E-state index contributed by atoms with van der Waals surface area (Å²) in [6.07, 6.45) is 0. The molecule has 2 N–H and O–H groups in total. The number of carbonyl (C=O) groups excluding carboxylic acids is 1. The Balaban J connectivity index is 1.90. The second kappa shape index (κ2) is 7.09. The Bertz CT molecular complexity index is 723. The summed E-state index contributed by atoms with van der Waals surface area (Å²) in [5.74, 6) is -1.38. The van der Waals surface area contributed by atoms with Gasteiger partial charge in [0.05, 0.1) is 12.2 Å². The summed E-state index contributed by atoms with van der Waals surface area (Å²) in [5.41, 5.74) is 0.839. The number of amides is 1. The number of hydrogen-bond acceptors (Lipinski definition) is 4. The van der Waals surface area contributed by atoms with Crippen LogP contribution in [0.25, 0.3) is 0 Å². The van der Waals surface area contributed by atoms with Gasteiger partial charge in [0, 0.05) is 29.2 Å². The second-order valence-corrected chi connectivity index (χ2v) is 6.64. The van der Waals surface area contributed by atoms with Gasteiger partial charge in [0.2, 0.25) is 11.8 Å². The van der Waals surface area contributed by atoms with E-state index in [2.05, 4.69) is 15.8 Å². The maximum absolute atomic E-state index is 13.7. The molecule has 2 aromatic rings. The Morgan fingerprint density at radius 2 is 2.00 bits per heavy atom. The van der Waals surface area contributed by atoms with Crippen LogP contribution >= 0.6 is 0 Å². The summed E-state index contributed by atoms with van der Waals surface area (Å²) < 4.78 is 31.7. The van der Waals surface area contributed by atoms with Crippen molar-refractivity contribution in [2.75, 3.05) is 11.9 Å². The van der Waals surface area contributed by atoms with Gasteiger partial charge < -0.3 is 9.84 Å². The molecule has 2 rings (SSSR count). The van der Waals surface area contributed by atoms with E-state index >= 15 is 0 Å². The summed E-state index contributed by atoms with van der Waals surface area (Å²) in [6, 6.07) is 4.57. The molecule has 1 heterocycles. The van der Waals surface area contributed by atoms with Crippen LogP contribution in [-0.2, 0) is 10.2 Å². The van der Waals surface area contributed by atoms with Crippen LogP contribution in [0.5, 0.6) is 0 Å². The Kier molecular flexibility index (Phi) is 5.33. The van der Waals surface area contributed by atoms with E-state index in [9.17, 15) is 13.6 Å². The number of rotatable bonds is 5. The van der Waals surface area contributed by atoms with Crippen LogP contribution < -0.4 is 10.6 Å². The number of nitrogens with one attached hydrogen (secondary N) is 2. The van der Waals surface area contributed by atoms with E-state index in [-0.39, 0.29) is 23.8 Å². The van der Waals surface area contributed by atoms with E-state index in [0.717, 1.165) is 11.8 Å². The molecular weight excluding hydrogens is 316 g/mol. The highest BCUT2D eigenvalue weighted by molar-refractivity contribution is 5.91. The first kappa shape index (κ1) is 18.1. The van der Waals surface area contributed by atoms with Crippen LogP contribution in [0.15, 0.2) is 28.8 Å². The minimum absolute atomic E-state index is 0.0520. The van der Waals surface area contributed by atoms with E-state index in [1.54, 1.807) is 13.0 Å². The number of aromatic nitrogens is 1. The highest BCUT2D eigenvalue weighted by Crippen LogP contribution is 2.23. The minimum atomic E-state index is -0.652. The maximum Gasteiger partial charge on any atom is 0.240 e. The lowest BCUT2D eigenvalue weighted by Crippen LogP contribution is -2.30. The Morgan fingerprint density at radius 3 is 2.58 bits per heavy atom. The minimum Gasteiger partial charge on any atom is -0.338 e. The monoisotopic (exact) mass is 337 g/mol. The van der Waals surface area contributed by atoms with Gasteiger partial charge in [-0.3, -0.25) is 10.1 Å². The molecule has 0 aliphatic rings. The van der Waals surface area contributed by atoms with Gasteiger partial charge in [-0.05, 0) is 13.0 Å². The van der Waals surface area contributed by atoms with Crippen LogP contribution in [0.2, 0.25) is 0 Å². The van der Waals surface area contributed by atoms with Crippen molar-refractivity contribution in [1.82, 2.24) is 10.5 Å². The molecule has 1 amide bonds. The molecule has 0 saturated carbocycles. The smallest absolute Gasteiger partial charge is 0.240 e. The topological polar surface area (TPSA) is 67.2 Å². The molecule has 0 aliphatic heterocycles. The summed E-state index contributed by atoms with van der Waals surface area (Å²) in [4.78, 5) is 11.9.